The smallest absolute Gasteiger partial charge is 0.319 e. The summed E-state index contributed by atoms with van der Waals surface area (Å²) in [5.41, 5.74) is 3.98. The number of amides is 3. The summed E-state index contributed by atoms with van der Waals surface area (Å²) in [6.45, 7) is 5.34. The van der Waals surface area contributed by atoms with Gasteiger partial charge in [0.15, 0.2) is 0 Å². The second-order valence-corrected chi connectivity index (χ2v) is 8.97. The molecule has 0 radical (unpaired) electrons. The average Bonchev–Trinajstić information content (AvgIpc) is 3.51. The summed E-state index contributed by atoms with van der Waals surface area (Å²) in [6.07, 6.45) is 3.79. The lowest BCUT2D eigenvalue weighted by molar-refractivity contribution is 0.0713. The Labute approximate surface area is 183 Å². The van der Waals surface area contributed by atoms with Crippen molar-refractivity contribution in [3.63, 3.8) is 0 Å². The predicted octanol–water partition coefficient (Wildman–Crippen LogP) is 4.56. The number of hydrogen-bond donors (Lipinski definition) is 2. The Bertz CT molecular complexity index is 1030. The van der Waals surface area contributed by atoms with Gasteiger partial charge in [-0.3, -0.25) is 4.79 Å². The summed E-state index contributed by atoms with van der Waals surface area (Å²) < 4.78 is 0. The Balaban J connectivity index is 1.38. The van der Waals surface area contributed by atoms with Crippen LogP contribution < -0.4 is 10.6 Å². The van der Waals surface area contributed by atoms with Crippen molar-refractivity contribution in [2.24, 2.45) is 0 Å². The van der Waals surface area contributed by atoms with E-state index in [1.807, 2.05) is 55.1 Å². The molecule has 6 heteroatoms. The molecule has 6 nitrogen and oxygen atoms in total. The molecule has 2 aromatic carbocycles. The molecule has 0 atom stereocenters. The topological polar surface area (TPSA) is 85.2 Å². The van der Waals surface area contributed by atoms with Crippen molar-refractivity contribution in [2.45, 2.75) is 51.0 Å². The maximum Gasteiger partial charge on any atom is 0.319 e. The van der Waals surface area contributed by atoms with Gasteiger partial charge < -0.3 is 15.5 Å². The van der Waals surface area contributed by atoms with Crippen LogP contribution in [0.2, 0.25) is 0 Å². The minimum absolute atomic E-state index is 0.00380. The predicted molar refractivity (Wildman–Crippen MR) is 120 cm³/mol. The number of likely N-dealkylation sites (tertiary alicyclic amines) is 1. The molecule has 1 saturated heterocycles. The van der Waals surface area contributed by atoms with Gasteiger partial charge in [0.25, 0.3) is 5.91 Å². The summed E-state index contributed by atoms with van der Waals surface area (Å²) in [5.74, 6) is 0.399. The van der Waals surface area contributed by atoms with Gasteiger partial charge in [-0.2, -0.15) is 5.26 Å². The third kappa shape index (κ3) is 4.88. The molecule has 2 aliphatic rings. The van der Waals surface area contributed by atoms with E-state index in [2.05, 4.69) is 16.7 Å². The lowest BCUT2D eigenvalue weighted by Gasteiger charge is -2.32. The first-order valence-corrected chi connectivity index (χ1v) is 10.9. The van der Waals surface area contributed by atoms with Crippen LogP contribution >= 0.6 is 0 Å². The number of carbonyl (C=O) groups excluding carboxylic acids is 2. The Morgan fingerprint density at radius 3 is 2.39 bits per heavy atom. The number of rotatable bonds is 4. The standard InChI is InChI=1S/C25H28N4O2/c1-17-3-6-21(15-22(17)27-24(31)28-25(2)11-12-25)23(30)29-13-9-20(10-14-29)19-7-4-18(16-26)5-8-19/h3-8,15,20H,9-14H2,1-2H3,(H2,27,28,31). The first kappa shape index (κ1) is 20.9. The van der Waals surface area contributed by atoms with Crippen LogP contribution in [0.4, 0.5) is 10.5 Å². The van der Waals surface area contributed by atoms with E-state index in [-0.39, 0.29) is 17.5 Å². The molecule has 0 spiro atoms. The van der Waals surface area contributed by atoms with Crippen LogP contribution in [-0.4, -0.2) is 35.5 Å². The molecule has 1 heterocycles. The Kier molecular flexibility index (Phi) is 5.69. The lowest BCUT2D eigenvalue weighted by Crippen LogP contribution is -2.38. The second kappa shape index (κ2) is 8.43. The molecule has 1 saturated carbocycles. The highest BCUT2D eigenvalue weighted by atomic mass is 16.2. The molecule has 31 heavy (non-hydrogen) atoms. The highest BCUT2D eigenvalue weighted by Crippen LogP contribution is 2.34. The van der Waals surface area contributed by atoms with Crippen LogP contribution in [0, 0.1) is 18.3 Å². The summed E-state index contributed by atoms with van der Waals surface area (Å²) in [7, 11) is 0. The van der Waals surface area contributed by atoms with Crippen LogP contribution in [0.5, 0.6) is 0 Å². The van der Waals surface area contributed by atoms with E-state index in [0.717, 1.165) is 31.2 Å². The van der Waals surface area contributed by atoms with Gasteiger partial charge in [0.2, 0.25) is 0 Å². The van der Waals surface area contributed by atoms with Crippen molar-refractivity contribution in [1.29, 1.82) is 5.26 Å². The van der Waals surface area contributed by atoms with Crippen LogP contribution in [0.1, 0.15) is 65.6 Å². The van der Waals surface area contributed by atoms with E-state index in [1.54, 1.807) is 6.07 Å². The molecule has 2 aromatic rings. The van der Waals surface area contributed by atoms with Crippen molar-refractivity contribution in [3.05, 3.63) is 64.7 Å². The molecule has 0 unspecified atom stereocenters. The Hall–Kier alpha value is -3.33. The van der Waals surface area contributed by atoms with Crippen molar-refractivity contribution in [3.8, 4) is 6.07 Å². The van der Waals surface area contributed by atoms with Gasteiger partial charge in [0.1, 0.15) is 0 Å². The number of aryl methyl sites for hydroxylation is 1. The zero-order valence-corrected chi connectivity index (χ0v) is 18.1. The van der Waals surface area contributed by atoms with E-state index in [4.69, 9.17) is 5.26 Å². The van der Waals surface area contributed by atoms with Crippen LogP contribution in [-0.2, 0) is 0 Å². The van der Waals surface area contributed by atoms with E-state index in [1.165, 1.54) is 5.56 Å². The first-order chi connectivity index (χ1) is 14.9. The zero-order chi connectivity index (χ0) is 22.0. The summed E-state index contributed by atoms with van der Waals surface area (Å²) in [5, 5.41) is 14.8. The molecule has 1 aliphatic heterocycles. The highest BCUT2D eigenvalue weighted by Gasteiger charge is 2.38. The SMILES string of the molecule is Cc1ccc(C(=O)N2CCC(c3ccc(C#N)cc3)CC2)cc1NC(=O)NC1(C)CC1. The third-order valence-electron chi connectivity index (χ3n) is 6.44. The third-order valence-corrected chi connectivity index (χ3v) is 6.44. The van der Waals surface area contributed by atoms with Gasteiger partial charge in [0, 0.05) is 29.9 Å². The number of nitriles is 1. The van der Waals surface area contributed by atoms with Crippen LogP contribution in [0.25, 0.3) is 0 Å². The lowest BCUT2D eigenvalue weighted by atomic mass is 9.89. The van der Waals surface area contributed by atoms with E-state index >= 15 is 0 Å². The minimum Gasteiger partial charge on any atom is -0.339 e. The number of benzene rings is 2. The van der Waals surface area contributed by atoms with Gasteiger partial charge in [0.05, 0.1) is 11.6 Å². The molecule has 0 aromatic heterocycles. The van der Waals surface area contributed by atoms with Gasteiger partial charge in [-0.1, -0.05) is 18.2 Å². The Morgan fingerprint density at radius 2 is 1.77 bits per heavy atom. The van der Waals surface area contributed by atoms with Gasteiger partial charge in [-0.05, 0) is 80.8 Å². The van der Waals surface area contributed by atoms with Gasteiger partial charge >= 0.3 is 6.03 Å². The minimum atomic E-state index is -0.226. The summed E-state index contributed by atoms with van der Waals surface area (Å²) in [4.78, 5) is 27.2. The van der Waals surface area contributed by atoms with Crippen LogP contribution in [0.15, 0.2) is 42.5 Å². The zero-order valence-electron chi connectivity index (χ0n) is 18.1. The molecule has 3 amide bonds. The van der Waals surface area contributed by atoms with Crippen molar-refractivity contribution in [1.82, 2.24) is 10.2 Å². The van der Waals surface area contributed by atoms with E-state index in [9.17, 15) is 9.59 Å². The number of nitrogens with one attached hydrogen (secondary N) is 2. The fourth-order valence-electron chi connectivity index (χ4n) is 4.06. The average molecular weight is 417 g/mol. The van der Waals surface area contributed by atoms with Crippen molar-refractivity contribution >= 4 is 17.6 Å². The molecule has 2 fully saturated rings. The van der Waals surface area contributed by atoms with Crippen molar-refractivity contribution < 1.29 is 9.59 Å². The molecule has 4 rings (SSSR count). The number of hydrogen-bond acceptors (Lipinski definition) is 3. The monoisotopic (exact) mass is 416 g/mol. The largest absolute Gasteiger partial charge is 0.339 e. The normalized spacial score (nSPS) is 17.5. The summed E-state index contributed by atoms with van der Waals surface area (Å²) >= 11 is 0. The number of piperidine rings is 1. The Morgan fingerprint density at radius 1 is 1.10 bits per heavy atom. The second-order valence-electron chi connectivity index (χ2n) is 8.97. The van der Waals surface area contributed by atoms with E-state index in [0.29, 0.717) is 35.8 Å². The maximum absolute atomic E-state index is 13.1. The van der Waals surface area contributed by atoms with Gasteiger partial charge in [-0.15, -0.1) is 0 Å². The number of nitrogens with zero attached hydrogens (tertiary/aromatic N) is 2. The number of anilines is 1. The molecule has 160 valence electrons. The number of carbonyl (C=O) groups is 2. The molecular weight excluding hydrogens is 388 g/mol. The number of urea groups is 1. The highest BCUT2D eigenvalue weighted by molar-refractivity contribution is 5.97. The molecule has 0 bridgehead atoms. The van der Waals surface area contributed by atoms with E-state index < -0.39 is 0 Å². The summed E-state index contributed by atoms with van der Waals surface area (Å²) in [6, 6.07) is 15.2. The van der Waals surface area contributed by atoms with Crippen LogP contribution in [0.3, 0.4) is 0 Å². The first-order valence-electron chi connectivity index (χ1n) is 10.9. The quantitative estimate of drug-likeness (QED) is 0.766. The molecule has 2 N–H and O–H groups in total. The van der Waals surface area contributed by atoms with Crippen molar-refractivity contribution in [2.75, 3.05) is 18.4 Å². The fourth-order valence-corrected chi connectivity index (χ4v) is 4.06. The fraction of sp³-hybridized carbons (Fsp3) is 0.400. The maximum atomic E-state index is 13.1. The molecular formula is C25H28N4O2. The van der Waals surface area contributed by atoms with Gasteiger partial charge in [-0.25, -0.2) is 4.79 Å². The molecule has 1 aliphatic carbocycles.